The van der Waals surface area contributed by atoms with E-state index in [9.17, 15) is 0 Å². The van der Waals surface area contributed by atoms with Gasteiger partial charge in [0.25, 0.3) is 0 Å². The van der Waals surface area contributed by atoms with Gasteiger partial charge in [0, 0.05) is 22.4 Å². The predicted octanol–water partition coefficient (Wildman–Crippen LogP) is 2.72. The van der Waals surface area contributed by atoms with Crippen LogP contribution in [0.25, 0.3) is 0 Å². The van der Waals surface area contributed by atoms with Crippen LogP contribution < -0.4 is 5.73 Å². The van der Waals surface area contributed by atoms with Gasteiger partial charge in [0.1, 0.15) is 0 Å². The van der Waals surface area contributed by atoms with Crippen LogP contribution >= 0.6 is 23.1 Å². The van der Waals surface area contributed by atoms with Crippen LogP contribution in [0.3, 0.4) is 0 Å². The molecule has 0 saturated carbocycles. The van der Waals surface area contributed by atoms with Crippen molar-refractivity contribution in [3.63, 3.8) is 0 Å². The first kappa shape index (κ1) is 10.1. The van der Waals surface area contributed by atoms with Crippen LogP contribution in [0, 0.1) is 0 Å². The van der Waals surface area contributed by atoms with Crippen molar-refractivity contribution in [3.8, 4) is 0 Å². The first-order chi connectivity index (χ1) is 5.83. The van der Waals surface area contributed by atoms with Crippen molar-refractivity contribution >= 4 is 23.1 Å². The number of nitrogens with two attached hydrogens (primary N) is 1. The van der Waals surface area contributed by atoms with Crippen molar-refractivity contribution in [2.45, 2.75) is 25.1 Å². The van der Waals surface area contributed by atoms with Gasteiger partial charge in [-0.2, -0.15) is 11.8 Å². The number of thioether (sulfide) groups is 1. The second-order valence-corrected chi connectivity index (χ2v) is 4.83. The largest absolute Gasteiger partial charge is 0.327 e. The summed E-state index contributed by atoms with van der Waals surface area (Å²) in [6.07, 6.45) is 1.08. The topological polar surface area (TPSA) is 26.0 Å². The molecule has 12 heavy (non-hydrogen) atoms. The minimum Gasteiger partial charge on any atom is -0.327 e. The van der Waals surface area contributed by atoms with Gasteiger partial charge in [-0.1, -0.05) is 13.0 Å². The lowest BCUT2D eigenvalue weighted by Gasteiger charge is -2.06. The summed E-state index contributed by atoms with van der Waals surface area (Å²) in [6.45, 7) is 2.14. The molecule has 1 atom stereocenters. The van der Waals surface area contributed by atoms with Crippen molar-refractivity contribution in [2.24, 2.45) is 5.73 Å². The smallest absolute Gasteiger partial charge is 0.0279 e. The highest BCUT2D eigenvalue weighted by molar-refractivity contribution is 7.98. The molecule has 2 N–H and O–H groups in total. The van der Waals surface area contributed by atoms with Gasteiger partial charge >= 0.3 is 0 Å². The number of hydrogen-bond donors (Lipinski definition) is 1. The molecule has 0 fully saturated rings. The Balaban J connectivity index is 2.11. The van der Waals surface area contributed by atoms with Gasteiger partial charge in [-0.15, -0.1) is 11.3 Å². The molecule has 0 saturated heterocycles. The molecule has 1 unspecified atom stereocenters. The third kappa shape index (κ3) is 3.61. The monoisotopic (exact) mass is 201 g/mol. The van der Waals surface area contributed by atoms with Gasteiger partial charge in [-0.05, 0) is 17.9 Å². The average Bonchev–Trinajstić information content (AvgIpc) is 2.57. The highest BCUT2D eigenvalue weighted by atomic mass is 32.2. The molecule has 0 bridgehead atoms. The van der Waals surface area contributed by atoms with Gasteiger partial charge in [-0.25, -0.2) is 0 Å². The maximum absolute atomic E-state index is 5.79. The molecule has 1 aromatic rings. The Morgan fingerprint density at radius 2 is 2.50 bits per heavy atom. The molecule has 0 aliphatic carbocycles. The van der Waals surface area contributed by atoms with Crippen LogP contribution in [-0.4, -0.2) is 11.8 Å². The van der Waals surface area contributed by atoms with Crippen molar-refractivity contribution in [1.82, 2.24) is 0 Å². The van der Waals surface area contributed by atoms with Gasteiger partial charge in [0.2, 0.25) is 0 Å². The van der Waals surface area contributed by atoms with Crippen LogP contribution in [0.1, 0.15) is 18.2 Å². The van der Waals surface area contributed by atoms with Gasteiger partial charge in [-0.3, -0.25) is 0 Å². The zero-order chi connectivity index (χ0) is 8.81. The summed E-state index contributed by atoms with van der Waals surface area (Å²) in [5.41, 5.74) is 5.79. The number of thiophene rings is 1. The molecule has 68 valence electrons. The van der Waals surface area contributed by atoms with Crippen molar-refractivity contribution in [3.05, 3.63) is 22.4 Å². The van der Waals surface area contributed by atoms with Crippen LogP contribution in [-0.2, 0) is 5.75 Å². The SMILES string of the molecule is CCC(N)CSCc1cccs1. The van der Waals surface area contributed by atoms with Gasteiger partial charge < -0.3 is 5.73 Å². The first-order valence-corrected chi connectivity index (χ1v) is 6.22. The van der Waals surface area contributed by atoms with E-state index in [2.05, 4.69) is 24.4 Å². The van der Waals surface area contributed by atoms with E-state index in [1.54, 1.807) is 0 Å². The molecule has 0 aromatic carbocycles. The standard InChI is InChI=1S/C9H15NS2/c1-2-8(10)6-11-7-9-4-3-5-12-9/h3-5,8H,2,6-7,10H2,1H3. The molecule has 0 amide bonds. The second kappa shape index (κ2) is 5.62. The van der Waals surface area contributed by atoms with Crippen molar-refractivity contribution in [1.29, 1.82) is 0 Å². The van der Waals surface area contributed by atoms with Gasteiger partial charge in [0.05, 0.1) is 0 Å². The lowest BCUT2D eigenvalue weighted by Crippen LogP contribution is -2.21. The zero-order valence-corrected chi connectivity index (χ0v) is 8.96. The number of hydrogen-bond acceptors (Lipinski definition) is 3. The Bertz CT molecular complexity index is 196. The molecule has 0 aliphatic rings. The molecule has 0 aliphatic heterocycles. The third-order valence-electron chi connectivity index (χ3n) is 1.68. The fraction of sp³-hybridized carbons (Fsp3) is 0.556. The maximum atomic E-state index is 5.79. The third-order valence-corrected chi connectivity index (χ3v) is 3.92. The van der Waals surface area contributed by atoms with Crippen LogP contribution in [0.5, 0.6) is 0 Å². The normalized spacial score (nSPS) is 13.2. The van der Waals surface area contributed by atoms with E-state index in [-0.39, 0.29) is 0 Å². The zero-order valence-electron chi connectivity index (χ0n) is 7.32. The summed E-state index contributed by atoms with van der Waals surface area (Å²) >= 11 is 3.75. The van der Waals surface area contributed by atoms with Gasteiger partial charge in [0.15, 0.2) is 0 Å². The Kier molecular flexibility index (Phi) is 4.73. The van der Waals surface area contributed by atoms with E-state index in [4.69, 9.17) is 5.73 Å². The Labute approximate surface area is 82.4 Å². The molecular weight excluding hydrogens is 186 g/mol. The molecular formula is C9H15NS2. The summed E-state index contributed by atoms with van der Waals surface area (Å²) in [4.78, 5) is 1.45. The fourth-order valence-corrected chi connectivity index (χ4v) is 2.79. The fourth-order valence-electron chi connectivity index (χ4n) is 0.823. The van der Waals surface area contributed by atoms with Crippen LogP contribution in [0.15, 0.2) is 17.5 Å². The van der Waals surface area contributed by atoms with Crippen LogP contribution in [0.4, 0.5) is 0 Å². The quantitative estimate of drug-likeness (QED) is 0.792. The summed E-state index contributed by atoms with van der Waals surface area (Å²) in [7, 11) is 0. The molecule has 1 nitrogen and oxygen atoms in total. The van der Waals surface area contributed by atoms with Crippen LogP contribution in [0.2, 0.25) is 0 Å². The lowest BCUT2D eigenvalue weighted by atomic mass is 10.3. The highest BCUT2D eigenvalue weighted by Gasteiger charge is 1.99. The molecule has 1 aromatic heterocycles. The predicted molar refractivity (Wildman–Crippen MR) is 58.7 cm³/mol. The Hall–Kier alpha value is 0.01000. The van der Waals surface area contributed by atoms with E-state index < -0.39 is 0 Å². The Morgan fingerprint density at radius 1 is 1.67 bits per heavy atom. The van der Waals surface area contributed by atoms with E-state index >= 15 is 0 Å². The minimum absolute atomic E-state index is 0.370. The summed E-state index contributed by atoms with van der Waals surface area (Å²) in [5, 5.41) is 2.12. The van der Waals surface area contributed by atoms with Crippen molar-refractivity contribution < 1.29 is 0 Å². The average molecular weight is 201 g/mol. The highest BCUT2D eigenvalue weighted by Crippen LogP contribution is 2.17. The van der Waals surface area contributed by atoms with E-state index in [0.29, 0.717) is 6.04 Å². The van der Waals surface area contributed by atoms with E-state index in [1.807, 2.05) is 23.1 Å². The molecule has 1 heterocycles. The molecule has 1 rings (SSSR count). The lowest BCUT2D eigenvalue weighted by molar-refractivity contribution is 0.725. The maximum Gasteiger partial charge on any atom is 0.0279 e. The van der Waals surface area contributed by atoms with Crippen molar-refractivity contribution in [2.75, 3.05) is 5.75 Å². The van der Waals surface area contributed by atoms with E-state index in [0.717, 1.165) is 17.9 Å². The minimum atomic E-state index is 0.370. The Morgan fingerprint density at radius 3 is 3.08 bits per heavy atom. The van der Waals surface area contributed by atoms with E-state index in [1.165, 1.54) is 4.88 Å². The number of rotatable bonds is 5. The summed E-state index contributed by atoms with van der Waals surface area (Å²) < 4.78 is 0. The molecule has 0 radical (unpaired) electrons. The second-order valence-electron chi connectivity index (χ2n) is 2.76. The summed E-state index contributed by atoms with van der Waals surface area (Å²) in [6, 6.07) is 4.64. The molecule has 3 heteroatoms. The summed E-state index contributed by atoms with van der Waals surface area (Å²) in [5.74, 6) is 2.19. The molecule has 0 spiro atoms. The first-order valence-electron chi connectivity index (χ1n) is 4.18.